The molecule has 0 saturated heterocycles. The van der Waals surface area contributed by atoms with E-state index < -0.39 is 36.6 Å². The Hall–Kier alpha value is -2.26. The van der Waals surface area contributed by atoms with Gasteiger partial charge in [-0.3, -0.25) is 4.79 Å². The molecule has 0 fully saturated rings. The normalized spacial score (nSPS) is 16.0. The summed E-state index contributed by atoms with van der Waals surface area (Å²) in [4.78, 5) is 23.7. The third kappa shape index (κ3) is 4.36. The number of rotatable bonds is 8. The zero-order chi connectivity index (χ0) is 20.3. The number of aryl methyl sites for hydroxylation is 1. The maximum absolute atomic E-state index is 12.0. The van der Waals surface area contributed by atoms with Gasteiger partial charge in [-0.05, 0) is 38.5 Å². The van der Waals surface area contributed by atoms with E-state index in [2.05, 4.69) is 5.32 Å². The smallest absolute Gasteiger partial charge is 0.347 e. The highest BCUT2D eigenvalue weighted by molar-refractivity contribution is 5.99. The van der Waals surface area contributed by atoms with Gasteiger partial charge in [0.25, 0.3) is 0 Å². The second kappa shape index (κ2) is 8.62. The number of benzene rings is 1. The van der Waals surface area contributed by atoms with Crippen molar-refractivity contribution in [1.82, 2.24) is 0 Å². The Kier molecular flexibility index (Phi) is 6.72. The fourth-order valence-corrected chi connectivity index (χ4v) is 3.04. The zero-order valence-corrected chi connectivity index (χ0v) is 15.7. The molecule has 0 amide bonds. The van der Waals surface area contributed by atoms with E-state index in [1.807, 2.05) is 0 Å². The minimum absolute atomic E-state index is 0.0322. The number of ether oxygens (including phenoxy) is 1. The number of anilines is 1. The zero-order valence-electron chi connectivity index (χ0n) is 15.7. The number of aliphatic hydroxyl groups is 3. The average molecular weight is 379 g/mol. The molecule has 1 aromatic heterocycles. The molecule has 3 unspecified atom stereocenters. The molecule has 4 atom stereocenters. The molecule has 0 aliphatic heterocycles. The van der Waals surface area contributed by atoms with E-state index in [-0.39, 0.29) is 11.3 Å². The summed E-state index contributed by atoms with van der Waals surface area (Å²) in [5.74, 6) is -0.354. The van der Waals surface area contributed by atoms with Crippen molar-refractivity contribution in [3.8, 4) is 0 Å². The second-order valence-electron chi connectivity index (χ2n) is 6.53. The van der Waals surface area contributed by atoms with Gasteiger partial charge in [0.05, 0.1) is 12.6 Å². The Bertz CT molecular complexity index is 872. The van der Waals surface area contributed by atoms with Gasteiger partial charge in [-0.25, -0.2) is 4.79 Å². The summed E-state index contributed by atoms with van der Waals surface area (Å²) < 4.78 is 10.2. The first-order chi connectivity index (χ1) is 12.7. The lowest BCUT2D eigenvalue weighted by molar-refractivity contribution is -0.0953. The minimum Gasteiger partial charge on any atom is -0.422 e. The lowest BCUT2D eigenvalue weighted by Crippen LogP contribution is -2.48. The Morgan fingerprint density at radius 1 is 1.30 bits per heavy atom. The molecule has 8 nitrogen and oxygen atoms in total. The number of aliphatic hydroxyl groups excluding tert-OH is 3. The van der Waals surface area contributed by atoms with Gasteiger partial charge in [-0.15, -0.1) is 0 Å². The Morgan fingerprint density at radius 3 is 2.52 bits per heavy atom. The number of carbonyl (C=O) groups excluding carboxylic acids is 1. The molecule has 148 valence electrons. The number of carbonyl (C=O) groups is 1. The van der Waals surface area contributed by atoms with Gasteiger partial charge in [0.2, 0.25) is 0 Å². The highest BCUT2D eigenvalue weighted by Gasteiger charge is 2.30. The van der Waals surface area contributed by atoms with Gasteiger partial charge < -0.3 is 29.8 Å². The molecule has 0 bridgehead atoms. The first kappa shape index (κ1) is 21.0. The van der Waals surface area contributed by atoms with E-state index in [1.165, 1.54) is 14.0 Å². The summed E-state index contributed by atoms with van der Waals surface area (Å²) in [6.45, 7) is 4.23. The summed E-state index contributed by atoms with van der Waals surface area (Å²) in [5.41, 5.74) is 0.746. The van der Waals surface area contributed by atoms with Crippen LogP contribution in [0.25, 0.3) is 11.0 Å². The number of Topliss-reactive ketones (excluding diaryl/α,β-unsaturated/α-hetero) is 1. The van der Waals surface area contributed by atoms with Crippen LogP contribution < -0.4 is 10.9 Å². The van der Waals surface area contributed by atoms with Crippen LogP contribution in [0.2, 0.25) is 0 Å². The summed E-state index contributed by atoms with van der Waals surface area (Å²) in [7, 11) is 1.33. The molecule has 8 heteroatoms. The van der Waals surface area contributed by atoms with Gasteiger partial charge in [0.1, 0.15) is 29.5 Å². The first-order valence-electron chi connectivity index (χ1n) is 8.56. The topological polar surface area (TPSA) is 129 Å². The van der Waals surface area contributed by atoms with Crippen LogP contribution in [-0.2, 0) is 4.74 Å². The molecule has 27 heavy (non-hydrogen) atoms. The molecule has 0 spiro atoms. The lowest BCUT2D eigenvalue weighted by Gasteiger charge is -2.29. The van der Waals surface area contributed by atoms with Crippen molar-refractivity contribution in [3.05, 3.63) is 39.7 Å². The standard InChI is InChI=1S/C19H25NO7/c1-9-13-6-5-12(7-14(13)27-19(25)16(9)11(3)22)20-10(2)17(23)18(24)15(8-21)26-4/h5-7,10,15,17-18,20-21,23-24H,8H2,1-4H3/t10-,15?,17?,18?/m1/s1. The van der Waals surface area contributed by atoms with E-state index in [1.54, 1.807) is 32.0 Å². The van der Waals surface area contributed by atoms with E-state index in [0.29, 0.717) is 22.2 Å². The van der Waals surface area contributed by atoms with E-state index in [9.17, 15) is 19.8 Å². The van der Waals surface area contributed by atoms with Crippen molar-refractivity contribution in [3.63, 3.8) is 0 Å². The molecule has 0 aliphatic rings. The maximum atomic E-state index is 12.0. The van der Waals surface area contributed by atoms with E-state index >= 15 is 0 Å². The quantitative estimate of drug-likeness (QED) is 0.392. The van der Waals surface area contributed by atoms with Crippen LogP contribution >= 0.6 is 0 Å². The van der Waals surface area contributed by atoms with Crippen molar-refractivity contribution >= 4 is 22.4 Å². The minimum atomic E-state index is -1.29. The molecule has 2 aromatic rings. The van der Waals surface area contributed by atoms with Crippen molar-refractivity contribution in [2.75, 3.05) is 19.0 Å². The Balaban J connectivity index is 2.28. The number of ketones is 1. The van der Waals surface area contributed by atoms with Gasteiger partial charge in [-0.2, -0.15) is 0 Å². The number of methoxy groups -OCH3 is 1. The molecule has 0 radical (unpaired) electrons. The predicted octanol–water partition coefficient (Wildman–Crippen LogP) is 0.834. The van der Waals surface area contributed by atoms with Gasteiger partial charge in [0.15, 0.2) is 5.78 Å². The van der Waals surface area contributed by atoms with Gasteiger partial charge in [-0.1, -0.05) is 0 Å². The van der Waals surface area contributed by atoms with E-state index in [0.717, 1.165) is 0 Å². The first-order valence-corrected chi connectivity index (χ1v) is 8.56. The summed E-state index contributed by atoms with van der Waals surface area (Å²) in [6.07, 6.45) is -3.42. The molecule has 1 aromatic carbocycles. The van der Waals surface area contributed by atoms with Crippen LogP contribution in [-0.4, -0.2) is 59.2 Å². The number of hydrogen-bond donors (Lipinski definition) is 4. The van der Waals surface area contributed by atoms with Gasteiger partial charge in [0, 0.05) is 24.2 Å². The van der Waals surface area contributed by atoms with Crippen LogP contribution in [0.4, 0.5) is 5.69 Å². The summed E-state index contributed by atoms with van der Waals surface area (Å²) >= 11 is 0. The summed E-state index contributed by atoms with van der Waals surface area (Å²) in [6, 6.07) is 4.42. The molecule has 4 N–H and O–H groups in total. The Morgan fingerprint density at radius 2 is 1.96 bits per heavy atom. The highest BCUT2D eigenvalue weighted by atomic mass is 16.5. The number of nitrogens with one attached hydrogen (secondary N) is 1. The molecular weight excluding hydrogens is 354 g/mol. The fraction of sp³-hybridized carbons (Fsp3) is 0.474. The second-order valence-corrected chi connectivity index (χ2v) is 6.53. The molecule has 0 aliphatic carbocycles. The maximum Gasteiger partial charge on any atom is 0.347 e. The van der Waals surface area contributed by atoms with Crippen molar-refractivity contribution in [1.29, 1.82) is 0 Å². The molecule has 2 rings (SSSR count). The third-order valence-electron chi connectivity index (χ3n) is 4.64. The highest BCUT2D eigenvalue weighted by Crippen LogP contribution is 2.24. The van der Waals surface area contributed by atoms with Gasteiger partial charge >= 0.3 is 5.63 Å². The van der Waals surface area contributed by atoms with E-state index in [4.69, 9.17) is 14.3 Å². The largest absolute Gasteiger partial charge is 0.422 e. The molecular formula is C19H25NO7. The van der Waals surface area contributed by atoms with Crippen LogP contribution in [0.5, 0.6) is 0 Å². The number of hydrogen-bond acceptors (Lipinski definition) is 8. The van der Waals surface area contributed by atoms with Crippen molar-refractivity contribution < 1.29 is 29.3 Å². The van der Waals surface area contributed by atoms with Crippen molar-refractivity contribution in [2.45, 2.75) is 45.1 Å². The monoisotopic (exact) mass is 379 g/mol. The predicted molar refractivity (Wildman–Crippen MR) is 100 cm³/mol. The Labute approximate surface area is 156 Å². The van der Waals surface area contributed by atoms with Crippen molar-refractivity contribution in [2.24, 2.45) is 0 Å². The van der Waals surface area contributed by atoms with Crippen LogP contribution in [0.1, 0.15) is 29.8 Å². The van der Waals surface area contributed by atoms with Crippen LogP contribution in [0.15, 0.2) is 27.4 Å². The summed E-state index contributed by atoms with van der Waals surface area (Å²) in [5, 5.41) is 33.2. The molecule has 0 saturated carbocycles. The molecule has 1 heterocycles. The third-order valence-corrected chi connectivity index (χ3v) is 4.64. The SMILES string of the molecule is COC(CO)C(O)C(O)[C@@H](C)Nc1ccc2c(C)c(C(C)=O)c(=O)oc2c1. The van der Waals surface area contributed by atoms with Crippen LogP contribution in [0.3, 0.4) is 0 Å². The lowest BCUT2D eigenvalue weighted by atomic mass is 10.0. The van der Waals surface area contributed by atoms with Crippen LogP contribution in [0, 0.1) is 6.92 Å². The fourth-order valence-electron chi connectivity index (χ4n) is 3.04. The number of fused-ring (bicyclic) bond motifs is 1. The average Bonchev–Trinajstić information content (AvgIpc) is 2.61.